The van der Waals surface area contributed by atoms with Gasteiger partial charge in [-0.25, -0.2) is 4.39 Å². The summed E-state index contributed by atoms with van der Waals surface area (Å²) >= 11 is 5.81. The smallest absolute Gasteiger partial charge is 0.243 e. The van der Waals surface area contributed by atoms with Gasteiger partial charge in [0.25, 0.3) is 0 Å². The normalized spacial score (nSPS) is 11.1. The van der Waals surface area contributed by atoms with Gasteiger partial charge >= 0.3 is 0 Å². The van der Waals surface area contributed by atoms with E-state index in [0.717, 1.165) is 22.2 Å². The van der Waals surface area contributed by atoms with Crippen LogP contribution in [0.1, 0.15) is 48.0 Å². The minimum Gasteiger partial charge on any atom is -0.350 e. The molecule has 0 aliphatic heterocycles. The molecule has 0 unspecified atom stereocenters. The molecule has 2 aromatic carbocycles. The van der Waals surface area contributed by atoms with Crippen LogP contribution in [0, 0.1) is 5.82 Å². The number of Topliss-reactive ketones (excluding diaryl/α,β-unsaturated/α-hetero) is 1. The number of ketones is 1. The Balaban J connectivity index is 1.50. The van der Waals surface area contributed by atoms with Crippen molar-refractivity contribution in [2.45, 2.75) is 46.3 Å². The van der Waals surface area contributed by atoms with Crippen molar-refractivity contribution in [3.63, 3.8) is 0 Å². The first kappa shape index (κ1) is 27.9. The zero-order valence-electron chi connectivity index (χ0n) is 21.9. The van der Waals surface area contributed by atoms with Crippen molar-refractivity contribution >= 4 is 40.1 Å². The average molecular weight is 550 g/mol. The number of carbonyl (C=O) groups excluding carboxylic acids is 3. The maximum Gasteiger partial charge on any atom is 0.243 e. The molecule has 202 valence electrons. The maximum atomic E-state index is 14.2. The summed E-state index contributed by atoms with van der Waals surface area (Å²) in [6.07, 6.45) is 3.85. The highest BCUT2D eigenvalue weighted by molar-refractivity contribution is 6.30. The Morgan fingerprint density at radius 2 is 1.92 bits per heavy atom. The van der Waals surface area contributed by atoms with Crippen LogP contribution in [-0.4, -0.2) is 49.8 Å². The van der Waals surface area contributed by atoms with Crippen LogP contribution >= 0.6 is 11.6 Å². The number of fused-ring (bicyclic) bond motifs is 1. The first-order chi connectivity index (χ1) is 18.6. The molecule has 0 spiro atoms. The first-order valence-corrected chi connectivity index (χ1v) is 12.9. The standard InChI is InChI=1S/C29H29ClFN5O3/c1-18(2)36(16-27(38)32-14-21-6-4-8-25(30)29(21)31)28(39)17-35-15-24(19(3)37)23-13-20(9-10-26(23)35)12-22-7-5-11-33-34-22/h4-11,13,15,18H,12,14,16-17H2,1-3H3,(H,32,38). The highest BCUT2D eigenvalue weighted by Crippen LogP contribution is 2.25. The van der Waals surface area contributed by atoms with E-state index in [9.17, 15) is 18.8 Å². The molecule has 4 rings (SSSR count). The van der Waals surface area contributed by atoms with E-state index in [2.05, 4.69) is 15.5 Å². The molecule has 2 aromatic heterocycles. The van der Waals surface area contributed by atoms with Crippen molar-refractivity contribution in [2.75, 3.05) is 6.54 Å². The van der Waals surface area contributed by atoms with E-state index in [1.54, 1.807) is 23.0 Å². The summed E-state index contributed by atoms with van der Waals surface area (Å²) in [7, 11) is 0. The molecule has 0 fully saturated rings. The number of rotatable bonds is 10. The SMILES string of the molecule is CC(=O)c1cn(CC(=O)N(CC(=O)NCc2cccc(Cl)c2F)C(C)C)c2ccc(Cc3cccnn3)cc12. The lowest BCUT2D eigenvalue weighted by atomic mass is 10.0. The summed E-state index contributed by atoms with van der Waals surface area (Å²) in [6.45, 7) is 4.82. The summed E-state index contributed by atoms with van der Waals surface area (Å²) in [5.41, 5.74) is 3.27. The van der Waals surface area contributed by atoms with Crippen LogP contribution in [0.2, 0.25) is 5.02 Å². The molecule has 0 saturated heterocycles. The van der Waals surface area contributed by atoms with Crippen molar-refractivity contribution in [3.8, 4) is 0 Å². The van der Waals surface area contributed by atoms with E-state index in [4.69, 9.17) is 11.6 Å². The summed E-state index contributed by atoms with van der Waals surface area (Å²) in [4.78, 5) is 39.9. The number of hydrogen-bond acceptors (Lipinski definition) is 5. The summed E-state index contributed by atoms with van der Waals surface area (Å²) < 4.78 is 15.9. The molecule has 0 bridgehead atoms. The molecule has 0 radical (unpaired) electrons. The van der Waals surface area contributed by atoms with Gasteiger partial charge in [0.1, 0.15) is 12.4 Å². The third-order valence-electron chi connectivity index (χ3n) is 6.41. The monoisotopic (exact) mass is 549 g/mol. The Kier molecular flexibility index (Phi) is 8.71. The highest BCUT2D eigenvalue weighted by atomic mass is 35.5. The van der Waals surface area contributed by atoms with Crippen LogP contribution in [0.3, 0.4) is 0 Å². The molecule has 2 amide bonds. The summed E-state index contributed by atoms with van der Waals surface area (Å²) in [5.74, 6) is -1.41. The third kappa shape index (κ3) is 6.67. The fraction of sp³-hybridized carbons (Fsp3) is 0.276. The molecule has 0 aliphatic carbocycles. The van der Waals surface area contributed by atoms with E-state index in [-0.39, 0.29) is 48.0 Å². The predicted molar refractivity (Wildman–Crippen MR) is 147 cm³/mol. The van der Waals surface area contributed by atoms with Gasteiger partial charge in [0.05, 0.1) is 17.3 Å². The van der Waals surface area contributed by atoms with Crippen LogP contribution in [0.5, 0.6) is 0 Å². The lowest BCUT2D eigenvalue weighted by Crippen LogP contribution is -2.45. The third-order valence-corrected chi connectivity index (χ3v) is 6.70. The maximum absolute atomic E-state index is 14.2. The zero-order chi connectivity index (χ0) is 28.1. The highest BCUT2D eigenvalue weighted by Gasteiger charge is 2.22. The van der Waals surface area contributed by atoms with Gasteiger partial charge in [0.2, 0.25) is 11.8 Å². The zero-order valence-corrected chi connectivity index (χ0v) is 22.7. The van der Waals surface area contributed by atoms with Crippen molar-refractivity contribution in [1.82, 2.24) is 25.0 Å². The van der Waals surface area contributed by atoms with Gasteiger partial charge < -0.3 is 14.8 Å². The summed E-state index contributed by atoms with van der Waals surface area (Å²) in [5, 5.41) is 11.4. The number of carbonyl (C=O) groups is 3. The average Bonchev–Trinajstić information content (AvgIpc) is 3.26. The van der Waals surface area contributed by atoms with Gasteiger partial charge in [-0.15, -0.1) is 0 Å². The predicted octanol–water partition coefficient (Wildman–Crippen LogP) is 4.57. The topological polar surface area (TPSA) is 97.2 Å². The van der Waals surface area contributed by atoms with Gasteiger partial charge in [-0.05, 0) is 56.7 Å². The van der Waals surface area contributed by atoms with Crippen LogP contribution < -0.4 is 5.32 Å². The second-order valence-electron chi connectivity index (χ2n) is 9.58. The molecule has 10 heteroatoms. The van der Waals surface area contributed by atoms with E-state index < -0.39 is 11.7 Å². The number of amides is 2. The number of nitrogens with zero attached hydrogens (tertiary/aromatic N) is 4. The lowest BCUT2D eigenvalue weighted by Gasteiger charge is -2.26. The largest absolute Gasteiger partial charge is 0.350 e. The van der Waals surface area contributed by atoms with Crippen LogP contribution in [0.15, 0.2) is 60.9 Å². The minimum atomic E-state index is -0.586. The Morgan fingerprint density at radius 3 is 2.62 bits per heavy atom. The number of nitrogens with one attached hydrogen (secondary N) is 1. The fourth-order valence-electron chi connectivity index (χ4n) is 4.39. The molecule has 0 saturated carbocycles. The molecule has 0 aliphatic rings. The Morgan fingerprint density at radius 1 is 1.13 bits per heavy atom. The number of halogens is 2. The van der Waals surface area contributed by atoms with Crippen molar-refractivity contribution < 1.29 is 18.8 Å². The van der Waals surface area contributed by atoms with Crippen LogP contribution in [0.4, 0.5) is 4.39 Å². The number of benzene rings is 2. The lowest BCUT2D eigenvalue weighted by molar-refractivity contribution is -0.138. The molecule has 0 atom stereocenters. The van der Waals surface area contributed by atoms with Gasteiger partial charge in [-0.2, -0.15) is 10.2 Å². The molecule has 39 heavy (non-hydrogen) atoms. The van der Waals surface area contributed by atoms with E-state index in [0.29, 0.717) is 12.0 Å². The first-order valence-electron chi connectivity index (χ1n) is 12.5. The molecule has 4 aromatic rings. The van der Waals surface area contributed by atoms with Crippen LogP contribution in [0.25, 0.3) is 10.9 Å². The van der Waals surface area contributed by atoms with Crippen molar-refractivity contribution in [3.05, 3.63) is 94.1 Å². The Bertz CT molecular complexity index is 1520. The van der Waals surface area contributed by atoms with E-state index in [1.165, 1.54) is 24.0 Å². The molecular weight excluding hydrogens is 521 g/mol. The second-order valence-corrected chi connectivity index (χ2v) is 9.98. The van der Waals surface area contributed by atoms with Crippen molar-refractivity contribution in [1.29, 1.82) is 0 Å². The Hall–Kier alpha value is -4.11. The van der Waals surface area contributed by atoms with Gasteiger partial charge in [-0.1, -0.05) is 29.8 Å². The van der Waals surface area contributed by atoms with Crippen molar-refractivity contribution in [2.24, 2.45) is 0 Å². The molecular formula is C29H29ClFN5O3. The molecule has 1 N–H and O–H groups in total. The number of aromatic nitrogens is 3. The van der Waals surface area contributed by atoms with Gasteiger partial charge in [-0.3, -0.25) is 14.4 Å². The van der Waals surface area contributed by atoms with E-state index >= 15 is 0 Å². The second kappa shape index (κ2) is 12.2. The van der Waals surface area contributed by atoms with E-state index in [1.807, 2.05) is 44.2 Å². The van der Waals surface area contributed by atoms with Gasteiger partial charge in [0, 0.05) is 53.4 Å². The Labute approximate surface area is 230 Å². The molecule has 8 nitrogen and oxygen atoms in total. The van der Waals surface area contributed by atoms with Gasteiger partial charge in [0.15, 0.2) is 5.78 Å². The quantitative estimate of drug-likeness (QED) is 0.292. The van der Waals surface area contributed by atoms with Crippen LogP contribution in [-0.2, 0) is 29.1 Å². The molecule has 2 heterocycles. The summed E-state index contributed by atoms with van der Waals surface area (Å²) in [6, 6.07) is 13.8. The fourth-order valence-corrected chi connectivity index (χ4v) is 4.58. The number of hydrogen-bond donors (Lipinski definition) is 1. The minimum absolute atomic E-state index is 0.0227.